The summed E-state index contributed by atoms with van der Waals surface area (Å²) in [5.41, 5.74) is 0.533. The summed E-state index contributed by atoms with van der Waals surface area (Å²) >= 11 is 1.02. The van der Waals surface area contributed by atoms with Gasteiger partial charge in [0.1, 0.15) is 10.6 Å². The molecule has 0 spiro atoms. The highest BCUT2D eigenvalue weighted by molar-refractivity contribution is 7.11. The molecule has 0 aliphatic heterocycles. The molecule has 0 fully saturated rings. The molecular weight excluding hydrogens is 252 g/mol. The average molecular weight is 266 g/mol. The lowest BCUT2D eigenvalue weighted by Gasteiger charge is -2.16. The number of nitrogens with zero attached hydrogens (tertiary/aromatic N) is 1. The molecule has 2 N–H and O–H groups in total. The lowest BCUT2D eigenvalue weighted by atomic mass is 9.94. The number of aromatic nitrogens is 1. The molecule has 6 heteroatoms. The van der Waals surface area contributed by atoms with Crippen molar-refractivity contribution in [2.75, 3.05) is 5.32 Å². The number of carboxylic acids is 1. The molecule has 0 aromatic carbocycles. The van der Waals surface area contributed by atoms with Crippen molar-refractivity contribution in [2.24, 2.45) is 5.92 Å². The Bertz CT molecular complexity index is 507. The number of carbonyl (C=O) groups excluding carboxylic acids is 1. The van der Waals surface area contributed by atoms with Crippen LogP contribution in [0.5, 0.6) is 0 Å². The molecule has 0 saturated heterocycles. The Morgan fingerprint density at radius 3 is 2.89 bits per heavy atom. The zero-order valence-corrected chi connectivity index (χ0v) is 10.8. The Balaban J connectivity index is 2.12. The fourth-order valence-corrected chi connectivity index (χ4v) is 2.74. The Morgan fingerprint density at radius 1 is 1.50 bits per heavy atom. The summed E-state index contributed by atoms with van der Waals surface area (Å²) in [4.78, 5) is 23.1. The molecule has 1 atom stereocenters. The number of hydrogen-bond donors (Lipinski definition) is 2. The quantitative estimate of drug-likeness (QED) is 0.823. The number of aryl methyl sites for hydroxylation is 1. The zero-order chi connectivity index (χ0) is 13.1. The second kappa shape index (κ2) is 5.30. The standard InChI is InChI=1S/C12H14N2O3S/c1-7-9(12(16)17)11(18-14-7)13-10(15)8-5-3-2-4-6-8/h2-3,8H,4-6H2,1H3,(H,13,15)(H,16,17). The summed E-state index contributed by atoms with van der Waals surface area (Å²) < 4.78 is 3.97. The lowest BCUT2D eigenvalue weighted by molar-refractivity contribution is -0.120. The fraction of sp³-hybridized carbons (Fsp3) is 0.417. The number of carbonyl (C=O) groups is 2. The number of aromatic carboxylic acids is 1. The summed E-state index contributed by atoms with van der Waals surface area (Å²) in [6, 6.07) is 0. The number of carboxylic acid groups (broad SMARTS) is 1. The molecule has 1 aliphatic rings. The fourth-order valence-electron chi connectivity index (χ4n) is 1.95. The highest BCUT2D eigenvalue weighted by Crippen LogP contribution is 2.26. The van der Waals surface area contributed by atoms with Gasteiger partial charge in [-0.25, -0.2) is 4.79 Å². The molecule has 1 aliphatic carbocycles. The van der Waals surface area contributed by atoms with Gasteiger partial charge in [0.25, 0.3) is 0 Å². The summed E-state index contributed by atoms with van der Waals surface area (Å²) in [6.45, 7) is 1.62. The van der Waals surface area contributed by atoms with Gasteiger partial charge in [-0.3, -0.25) is 4.79 Å². The van der Waals surface area contributed by atoms with Gasteiger partial charge in [0.05, 0.1) is 5.69 Å². The smallest absolute Gasteiger partial charge is 0.340 e. The highest BCUT2D eigenvalue weighted by Gasteiger charge is 2.23. The third-order valence-corrected chi connectivity index (χ3v) is 3.81. The highest BCUT2D eigenvalue weighted by atomic mass is 32.1. The van der Waals surface area contributed by atoms with Crippen molar-refractivity contribution in [1.82, 2.24) is 4.37 Å². The molecular formula is C12H14N2O3S. The SMILES string of the molecule is Cc1nsc(NC(=O)C2CC=CCC2)c1C(=O)O. The Hall–Kier alpha value is -1.69. The van der Waals surface area contributed by atoms with E-state index in [0.717, 1.165) is 24.4 Å². The molecule has 18 heavy (non-hydrogen) atoms. The van der Waals surface area contributed by atoms with Crippen LogP contribution in [0.4, 0.5) is 5.00 Å². The van der Waals surface area contributed by atoms with Crippen LogP contribution in [0.1, 0.15) is 35.3 Å². The average Bonchev–Trinajstić information content (AvgIpc) is 2.71. The van der Waals surface area contributed by atoms with E-state index in [1.54, 1.807) is 6.92 Å². The molecule has 0 radical (unpaired) electrons. The van der Waals surface area contributed by atoms with Gasteiger partial charge in [0.2, 0.25) is 5.91 Å². The van der Waals surface area contributed by atoms with Crippen LogP contribution in [0.25, 0.3) is 0 Å². The van der Waals surface area contributed by atoms with Crippen LogP contribution >= 0.6 is 11.5 Å². The summed E-state index contributed by atoms with van der Waals surface area (Å²) in [5.74, 6) is -1.25. The second-order valence-electron chi connectivity index (χ2n) is 4.25. The first-order valence-corrected chi connectivity index (χ1v) is 6.52. The maximum absolute atomic E-state index is 12.0. The van der Waals surface area contributed by atoms with Crippen LogP contribution in [0.2, 0.25) is 0 Å². The van der Waals surface area contributed by atoms with Crippen molar-refractivity contribution < 1.29 is 14.7 Å². The van der Waals surface area contributed by atoms with E-state index in [1.165, 1.54) is 0 Å². The molecule has 1 amide bonds. The zero-order valence-electron chi connectivity index (χ0n) is 9.97. The number of nitrogens with one attached hydrogen (secondary N) is 1. The minimum absolute atomic E-state index is 0.0703. The van der Waals surface area contributed by atoms with Crippen molar-refractivity contribution in [3.63, 3.8) is 0 Å². The van der Waals surface area contributed by atoms with Gasteiger partial charge >= 0.3 is 5.97 Å². The number of allylic oxidation sites excluding steroid dienone is 2. The monoisotopic (exact) mass is 266 g/mol. The molecule has 1 unspecified atom stereocenters. The third-order valence-electron chi connectivity index (χ3n) is 2.95. The van der Waals surface area contributed by atoms with Gasteiger partial charge in [-0.05, 0) is 37.7 Å². The Labute approximate surface area is 109 Å². The minimum Gasteiger partial charge on any atom is -0.478 e. The molecule has 5 nitrogen and oxygen atoms in total. The first-order valence-electron chi connectivity index (χ1n) is 5.75. The van der Waals surface area contributed by atoms with Crippen molar-refractivity contribution in [1.29, 1.82) is 0 Å². The van der Waals surface area contributed by atoms with Crippen molar-refractivity contribution in [3.05, 3.63) is 23.4 Å². The summed E-state index contributed by atoms with van der Waals surface area (Å²) in [6.07, 6.45) is 6.47. The lowest BCUT2D eigenvalue weighted by Crippen LogP contribution is -2.23. The summed E-state index contributed by atoms with van der Waals surface area (Å²) in [5, 5.41) is 12.1. The third kappa shape index (κ3) is 2.59. The van der Waals surface area contributed by atoms with Crippen LogP contribution in [-0.2, 0) is 4.79 Å². The maximum Gasteiger partial charge on any atom is 0.340 e. The number of anilines is 1. The minimum atomic E-state index is -1.06. The van der Waals surface area contributed by atoms with E-state index in [0.29, 0.717) is 17.1 Å². The topological polar surface area (TPSA) is 79.3 Å². The van der Waals surface area contributed by atoms with E-state index in [4.69, 9.17) is 5.11 Å². The van der Waals surface area contributed by atoms with E-state index in [2.05, 4.69) is 15.8 Å². The van der Waals surface area contributed by atoms with Gasteiger partial charge in [0.15, 0.2) is 0 Å². The van der Waals surface area contributed by atoms with Crippen LogP contribution in [0.15, 0.2) is 12.2 Å². The number of hydrogen-bond acceptors (Lipinski definition) is 4. The van der Waals surface area contributed by atoms with Gasteiger partial charge in [-0.2, -0.15) is 4.37 Å². The van der Waals surface area contributed by atoms with Crippen molar-refractivity contribution >= 4 is 28.4 Å². The first kappa shape index (κ1) is 12.8. The van der Waals surface area contributed by atoms with Crippen LogP contribution < -0.4 is 5.32 Å². The van der Waals surface area contributed by atoms with E-state index < -0.39 is 5.97 Å². The molecule has 2 rings (SSSR count). The van der Waals surface area contributed by atoms with Crippen LogP contribution in [0, 0.1) is 12.8 Å². The maximum atomic E-state index is 12.0. The van der Waals surface area contributed by atoms with Gasteiger partial charge in [-0.1, -0.05) is 12.2 Å². The molecule has 0 saturated carbocycles. The largest absolute Gasteiger partial charge is 0.478 e. The summed E-state index contributed by atoms with van der Waals surface area (Å²) in [7, 11) is 0. The normalized spacial score (nSPS) is 18.6. The van der Waals surface area contributed by atoms with Crippen molar-refractivity contribution in [2.45, 2.75) is 26.2 Å². The van der Waals surface area contributed by atoms with Crippen LogP contribution in [0.3, 0.4) is 0 Å². The molecule has 0 bridgehead atoms. The second-order valence-corrected chi connectivity index (χ2v) is 5.02. The number of rotatable bonds is 3. The number of amides is 1. The van der Waals surface area contributed by atoms with E-state index in [1.807, 2.05) is 6.08 Å². The predicted molar refractivity (Wildman–Crippen MR) is 68.9 cm³/mol. The van der Waals surface area contributed by atoms with Crippen LogP contribution in [-0.4, -0.2) is 21.4 Å². The van der Waals surface area contributed by atoms with E-state index in [9.17, 15) is 9.59 Å². The predicted octanol–water partition coefficient (Wildman–Crippen LogP) is 2.44. The van der Waals surface area contributed by atoms with Gasteiger partial charge < -0.3 is 10.4 Å². The Kier molecular flexibility index (Phi) is 3.76. The van der Waals surface area contributed by atoms with Crippen molar-refractivity contribution in [3.8, 4) is 0 Å². The Morgan fingerprint density at radius 2 is 2.28 bits per heavy atom. The van der Waals surface area contributed by atoms with E-state index in [-0.39, 0.29) is 17.4 Å². The molecule has 1 heterocycles. The first-order chi connectivity index (χ1) is 8.59. The molecule has 96 valence electrons. The molecule has 1 aromatic heterocycles. The molecule has 1 aromatic rings. The van der Waals surface area contributed by atoms with Gasteiger partial charge in [0, 0.05) is 5.92 Å². The van der Waals surface area contributed by atoms with E-state index >= 15 is 0 Å². The van der Waals surface area contributed by atoms with Gasteiger partial charge in [-0.15, -0.1) is 0 Å².